The van der Waals surface area contributed by atoms with Gasteiger partial charge in [-0.25, -0.2) is 0 Å². The topological polar surface area (TPSA) is 47.0 Å². The molecule has 0 unspecified atom stereocenters. The Morgan fingerprint density at radius 3 is 2.74 bits per heavy atom. The van der Waals surface area contributed by atoms with Crippen LogP contribution >= 0.6 is 11.3 Å². The Kier molecular flexibility index (Phi) is 4.05. The van der Waals surface area contributed by atoms with Gasteiger partial charge in [0.25, 0.3) is 0 Å². The average Bonchev–Trinajstić information content (AvgIpc) is 3.16. The molecule has 0 spiro atoms. The zero-order valence-electron chi connectivity index (χ0n) is 10.7. The van der Waals surface area contributed by atoms with E-state index in [0.717, 1.165) is 34.8 Å². The minimum atomic E-state index is 0.498. The first-order valence-electron chi connectivity index (χ1n) is 6.62. The molecule has 19 heavy (non-hydrogen) atoms. The molecule has 1 N–H and O–H groups in total. The van der Waals surface area contributed by atoms with Crippen molar-refractivity contribution in [3.05, 3.63) is 40.3 Å². The Labute approximate surface area is 116 Å². The van der Waals surface area contributed by atoms with Crippen LogP contribution in [0.3, 0.4) is 0 Å². The molecular weight excluding hydrogens is 258 g/mol. The molecule has 0 atom stereocenters. The molecule has 0 radical (unpaired) electrons. The number of nitrogens with zero attached hydrogens (tertiary/aromatic N) is 2. The lowest BCUT2D eigenvalue weighted by Crippen LogP contribution is -2.19. The van der Waals surface area contributed by atoms with Gasteiger partial charge in [0.1, 0.15) is 17.4 Å². The molecule has 0 bridgehead atoms. The summed E-state index contributed by atoms with van der Waals surface area (Å²) in [6, 6.07) is 10.6. The smallest absolute Gasteiger partial charge is 0.155 e. The molecule has 1 heterocycles. The van der Waals surface area contributed by atoms with Crippen LogP contribution in [-0.2, 0) is 13.0 Å². The van der Waals surface area contributed by atoms with E-state index in [2.05, 4.69) is 15.5 Å². The summed E-state index contributed by atoms with van der Waals surface area (Å²) in [5, 5.41) is 13.9. The molecule has 2 aromatic rings. The fourth-order valence-corrected chi connectivity index (χ4v) is 2.54. The van der Waals surface area contributed by atoms with Crippen LogP contribution in [0, 0.1) is 0 Å². The van der Waals surface area contributed by atoms with Crippen LogP contribution in [0.2, 0.25) is 0 Å². The third-order valence-electron chi connectivity index (χ3n) is 2.96. The van der Waals surface area contributed by atoms with Gasteiger partial charge in [0, 0.05) is 19.0 Å². The van der Waals surface area contributed by atoms with Crippen LogP contribution in [0.5, 0.6) is 5.75 Å². The third-order valence-corrected chi connectivity index (χ3v) is 3.92. The second-order valence-electron chi connectivity index (χ2n) is 4.67. The van der Waals surface area contributed by atoms with Crippen molar-refractivity contribution in [2.75, 3.05) is 6.54 Å². The second-order valence-corrected chi connectivity index (χ2v) is 5.82. The minimum absolute atomic E-state index is 0.498. The fourth-order valence-electron chi connectivity index (χ4n) is 1.78. The summed E-state index contributed by atoms with van der Waals surface area (Å²) >= 11 is 1.64. The number of hydrogen-bond donors (Lipinski definition) is 1. The highest BCUT2D eigenvalue weighted by Gasteiger charge is 2.19. The van der Waals surface area contributed by atoms with Crippen molar-refractivity contribution in [1.29, 1.82) is 0 Å². The van der Waals surface area contributed by atoms with Gasteiger partial charge >= 0.3 is 0 Å². The van der Waals surface area contributed by atoms with Gasteiger partial charge in [0.05, 0.1) is 0 Å². The maximum atomic E-state index is 5.65. The van der Waals surface area contributed by atoms with Crippen LogP contribution in [0.1, 0.15) is 22.9 Å². The van der Waals surface area contributed by atoms with E-state index in [0.29, 0.717) is 6.61 Å². The lowest BCUT2D eigenvalue weighted by Gasteiger charge is -2.01. The molecule has 5 heteroatoms. The van der Waals surface area contributed by atoms with Gasteiger partial charge in [-0.2, -0.15) is 0 Å². The summed E-state index contributed by atoms with van der Waals surface area (Å²) in [7, 11) is 0. The van der Waals surface area contributed by atoms with E-state index < -0.39 is 0 Å². The molecule has 1 saturated carbocycles. The quantitative estimate of drug-likeness (QED) is 0.843. The Bertz CT molecular complexity index is 510. The van der Waals surface area contributed by atoms with Crippen molar-refractivity contribution in [3.8, 4) is 5.75 Å². The van der Waals surface area contributed by atoms with Crippen LogP contribution in [0.4, 0.5) is 0 Å². The van der Waals surface area contributed by atoms with Gasteiger partial charge in [-0.05, 0) is 25.0 Å². The molecule has 1 aromatic carbocycles. The predicted octanol–water partition coefficient (Wildman–Crippen LogP) is 2.41. The van der Waals surface area contributed by atoms with E-state index in [1.807, 2.05) is 30.3 Å². The summed E-state index contributed by atoms with van der Waals surface area (Å²) in [6.07, 6.45) is 3.61. The molecule has 1 aromatic heterocycles. The highest BCUT2D eigenvalue weighted by atomic mass is 32.1. The normalized spacial score (nSPS) is 14.5. The lowest BCUT2D eigenvalue weighted by atomic mass is 10.3. The maximum absolute atomic E-state index is 5.65. The molecular formula is C14H17N3OS. The van der Waals surface area contributed by atoms with Gasteiger partial charge in [-0.15, -0.1) is 10.2 Å². The number of ether oxygens (including phenoxy) is 1. The standard InChI is InChI=1S/C14H17N3OS/c1-2-4-12(5-3-1)18-10-14-17-16-13(19-14)8-9-15-11-6-7-11/h1-5,11,15H,6-10H2. The van der Waals surface area contributed by atoms with Gasteiger partial charge in [-0.1, -0.05) is 29.5 Å². The van der Waals surface area contributed by atoms with Gasteiger partial charge in [0.15, 0.2) is 5.01 Å². The fraction of sp³-hybridized carbons (Fsp3) is 0.429. The van der Waals surface area contributed by atoms with Crippen molar-refractivity contribution >= 4 is 11.3 Å². The van der Waals surface area contributed by atoms with E-state index in [9.17, 15) is 0 Å². The molecule has 0 amide bonds. The van der Waals surface area contributed by atoms with Crippen LogP contribution in [-0.4, -0.2) is 22.8 Å². The van der Waals surface area contributed by atoms with Crippen molar-refractivity contribution in [3.63, 3.8) is 0 Å². The van der Waals surface area contributed by atoms with Crippen LogP contribution in [0.15, 0.2) is 30.3 Å². The van der Waals surface area contributed by atoms with Gasteiger partial charge in [0.2, 0.25) is 0 Å². The second kappa shape index (κ2) is 6.12. The maximum Gasteiger partial charge on any atom is 0.155 e. The first-order valence-corrected chi connectivity index (χ1v) is 7.44. The molecule has 1 fully saturated rings. The summed E-state index contributed by atoms with van der Waals surface area (Å²) in [4.78, 5) is 0. The molecule has 0 saturated heterocycles. The third kappa shape index (κ3) is 4.01. The summed E-state index contributed by atoms with van der Waals surface area (Å²) in [5.41, 5.74) is 0. The molecule has 1 aliphatic rings. The van der Waals surface area contributed by atoms with E-state index in [4.69, 9.17) is 4.74 Å². The number of para-hydroxylation sites is 1. The number of rotatable bonds is 7. The Morgan fingerprint density at radius 1 is 1.16 bits per heavy atom. The highest BCUT2D eigenvalue weighted by molar-refractivity contribution is 7.11. The van der Waals surface area contributed by atoms with Crippen molar-refractivity contribution < 1.29 is 4.74 Å². The Hall–Kier alpha value is -1.46. The summed E-state index contributed by atoms with van der Waals surface area (Å²) in [6.45, 7) is 1.50. The largest absolute Gasteiger partial charge is 0.486 e. The zero-order chi connectivity index (χ0) is 12.9. The number of nitrogens with one attached hydrogen (secondary N) is 1. The SMILES string of the molecule is c1ccc(OCc2nnc(CCNC3CC3)s2)cc1. The number of hydrogen-bond acceptors (Lipinski definition) is 5. The molecule has 4 nitrogen and oxygen atoms in total. The number of benzene rings is 1. The van der Waals surface area contributed by atoms with Crippen LogP contribution < -0.4 is 10.1 Å². The monoisotopic (exact) mass is 275 g/mol. The van der Waals surface area contributed by atoms with E-state index >= 15 is 0 Å². The van der Waals surface area contributed by atoms with Gasteiger partial charge in [-0.3, -0.25) is 0 Å². The Morgan fingerprint density at radius 2 is 1.95 bits per heavy atom. The zero-order valence-corrected chi connectivity index (χ0v) is 11.5. The van der Waals surface area contributed by atoms with Crippen molar-refractivity contribution in [2.24, 2.45) is 0 Å². The highest BCUT2D eigenvalue weighted by Crippen LogP contribution is 2.19. The number of aromatic nitrogens is 2. The predicted molar refractivity (Wildman–Crippen MR) is 75.4 cm³/mol. The average molecular weight is 275 g/mol. The lowest BCUT2D eigenvalue weighted by molar-refractivity contribution is 0.304. The van der Waals surface area contributed by atoms with Crippen LogP contribution in [0.25, 0.3) is 0 Å². The van der Waals surface area contributed by atoms with Gasteiger partial charge < -0.3 is 10.1 Å². The van der Waals surface area contributed by atoms with Crippen molar-refractivity contribution in [1.82, 2.24) is 15.5 Å². The first-order chi connectivity index (χ1) is 9.40. The van der Waals surface area contributed by atoms with E-state index in [-0.39, 0.29) is 0 Å². The molecule has 1 aliphatic carbocycles. The molecule has 0 aliphatic heterocycles. The minimum Gasteiger partial charge on any atom is -0.486 e. The van der Waals surface area contributed by atoms with Crippen molar-refractivity contribution in [2.45, 2.75) is 31.9 Å². The first kappa shape index (κ1) is 12.6. The Balaban J connectivity index is 1.44. The summed E-state index contributed by atoms with van der Waals surface area (Å²) < 4.78 is 5.65. The summed E-state index contributed by atoms with van der Waals surface area (Å²) in [5.74, 6) is 0.870. The molecule has 3 rings (SSSR count). The van der Waals surface area contributed by atoms with E-state index in [1.165, 1.54) is 12.8 Å². The molecule has 100 valence electrons. The van der Waals surface area contributed by atoms with E-state index in [1.54, 1.807) is 11.3 Å².